The van der Waals surface area contributed by atoms with Crippen molar-refractivity contribution in [3.63, 3.8) is 0 Å². The maximum absolute atomic E-state index is 13.3. The number of carbonyl (C=O) groups is 1. The number of hydrogen-bond acceptors (Lipinski definition) is 2. The highest BCUT2D eigenvalue weighted by molar-refractivity contribution is 5.91. The van der Waals surface area contributed by atoms with Gasteiger partial charge in [-0.05, 0) is 34.4 Å². The van der Waals surface area contributed by atoms with Gasteiger partial charge in [0.15, 0.2) is 0 Å². The van der Waals surface area contributed by atoms with Crippen LogP contribution in [0, 0.1) is 0 Å². The molecule has 2 amide bonds. The second kappa shape index (κ2) is 8.37. The molecule has 0 aliphatic heterocycles. The van der Waals surface area contributed by atoms with Gasteiger partial charge in [0, 0.05) is 11.6 Å². The van der Waals surface area contributed by atoms with Gasteiger partial charge in [-0.3, -0.25) is 5.32 Å². The van der Waals surface area contributed by atoms with E-state index >= 15 is 0 Å². The number of amides is 2. The molecule has 2 N–H and O–H groups in total. The molecule has 0 saturated carbocycles. The number of carbonyl (C=O) groups excluding carboxylic acids is 1. The zero-order chi connectivity index (χ0) is 22.9. The Morgan fingerprint density at radius 1 is 0.706 bits per heavy atom. The second-order valence-electron chi connectivity index (χ2n) is 8.23. The average Bonchev–Trinajstić information content (AvgIpc) is 3.45. The van der Waals surface area contributed by atoms with E-state index in [2.05, 4.69) is 34.9 Å². The molecule has 0 atom stereocenters. The fraction of sp³-hybridized carbons (Fsp3) is 0.0345. The van der Waals surface area contributed by atoms with Gasteiger partial charge >= 0.3 is 6.03 Å². The highest BCUT2D eigenvalue weighted by atomic mass is 16.2. The Morgan fingerprint density at radius 3 is 1.91 bits per heavy atom. The summed E-state index contributed by atoms with van der Waals surface area (Å²) >= 11 is 0. The van der Waals surface area contributed by atoms with Crippen LogP contribution in [0.25, 0.3) is 28.1 Å². The third kappa shape index (κ3) is 3.53. The molecular weight excluding hydrogens is 420 g/mol. The smallest absolute Gasteiger partial charge is 0.321 e. The summed E-state index contributed by atoms with van der Waals surface area (Å²) in [4.78, 5) is 13.3. The summed E-state index contributed by atoms with van der Waals surface area (Å²) in [6.07, 6.45) is 0. The standard InChI is InChI=1S/C29H22N4O/c34-29(31-28-24-17-9-7-15-22(24)23-16-8-10-18-25(23)28)30-27-19-26(20-11-3-1-4-12-20)32-33(27)21-13-5-2-6-14-21/h1-19,28H,(H2,30,31,34). The fourth-order valence-corrected chi connectivity index (χ4v) is 4.58. The third-order valence-electron chi connectivity index (χ3n) is 6.13. The molecule has 5 aromatic rings. The van der Waals surface area contributed by atoms with Crippen LogP contribution >= 0.6 is 0 Å². The molecule has 0 spiro atoms. The fourth-order valence-electron chi connectivity index (χ4n) is 4.58. The molecule has 164 valence electrons. The van der Waals surface area contributed by atoms with Crippen molar-refractivity contribution in [3.8, 4) is 28.1 Å². The lowest BCUT2D eigenvalue weighted by Crippen LogP contribution is -2.33. The molecular formula is C29H22N4O. The molecule has 34 heavy (non-hydrogen) atoms. The van der Waals surface area contributed by atoms with Crippen molar-refractivity contribution in [2.24, 2.45) is 0 Å². The SMILES string of the molecule is O=C(Nc1cc(-c2ccccc2)nn1-c1ccccc1)NC1c2ccccc2-c2ccccc21. The second-order valence-corrected chi connectivity index (χ2v) is 8.23. The Kier molecular flexibility index (Phi) is 4.92. The van der Waals surface area contributed by atoms with Gasteiger partial charge in [-0.15, -0.1) is 0 Å². The van der Waals surface area contributed by atoms with Crippen molar-refractivity contribution in [2.45, 2.75) is 6.04 Å². The number of nitrogens with zero attached hydrogens (tertiary/aromatic N) is 2. The minimum atomic E-state index is -0.284. The predicted octanol–water partition coefficient (Wildman–Crippen LogP) is 6.43. The first-order chi connectivity index (χ1) is 16.8. The number of aromatic nitrogens is 2. The molecule has 6 rings (SSSR count). The Bertz CT molecular complexity index is 1430. The Morgan fingerprint density at radius 2 is 1.26 bits per heavy atom. The number of hydrogen-bond donors (Lipinski definition) is 2. The predicted molar refractivity (Wildman–Crippen MR) is 135 cm³/mol. The maximum Gasteiger partial charge on any atom is 0.321 e. The van der Waals surface area contributed by atoms with E-state index in [0.29, 0.717) is 5.82 Å². The lowest BCUT2D eigenvalue weighted by molar-refractivity contribution is 0.250. The molecule has 1 aliphatic carbocycles. The average molecular weight is 443 g/mol. The highest BCUT2D eigenvalue weighted by Crippen LogP contribution is 2.43. The lowest BCUT2D eigenvalue weighted by atomic mass is 10.1. The first-order valence-electron chi connectivity index (χ1n) is 11.2. The van der Waals surface area contributed by atoms with E-state index in [-0.39, 0.29) is 12.1 Å². The zero-order valence-electron chi connectivity index (χ0n) is 18.3. The molecule has 0 unspecified atom stereocenters. The van der Waals surface area contributed by atoms with Crippen LogP contribution in [0.15, 0.2) is 115 Å². The number of anilines is 1. The summed E-state index contributed by atoms with van der Waals surface area (Å²) in [5.74, 6) is 0.599. The molecule has 1 aliphatic rings. The lowest BCUT2D eigenvalue weighted by Gasteiger charge is -2.17. The maximum atomic E-state index is 13.3. The summed E-state index contributed by atoms with van der Waals surface area (Å²) in [6.45, 7) is 0. The quantitative estimate of drug-likeness (QED) is 0.337. The van der Waals surface area contributed by atoms with E-state index < -0.39 is 0 Å². The first kappa shape index (κ1) is 20.0. The molecule has 0 bridgehead atoms. The van der Waals surface area contributed by atoms with Gasteiger partial charge in [0.1, 0.15) is 5.82 Å². The number of urea groups is 1. The summed E-state index contributed by atoms with van der Waals surface area (Å²) < 4.78 is 1.76. The van der Waals surface area contributed by atoms with Crippen LogP contribution in [0.5, 0.6) is 0 Å². The topological polar surface area (TPSA) is 59.0 Å². The van der Waals surface area contributed by atoms with Gasteiger partial charge in [-0.1, -0.05) is 97.1 Å². The van der Waals surface area contributed by atoms with Crippen LogP contribution in [0.2, 0.25) is 0 Å². The molecule has 0 fully saturated rings. The minimum Gasteiger partial charge on any atom is -0.327 e. The van der Waals surface area contributed by atoms with E-state index in [1.165, 1.54) is 0 Å². The van der Waals surface area contributed by atoms with Crippen LogP contribution in [0.4, 0.5) is 10.6 Å². The summed E-state index contributed by atoms with van der Waals surface area (Å²) in [6, 6.07) is 37.6. The van der Waals surface area contributed by atoms with Gasteiger partial charge in [0.25, 0.3) is 0 Å². The molecule has 5 heteroatoms. The highest BCUT2D eigenvalue weighted by Gasteiger charge is 2.29. The Labute approximate surface area is 197 Å². The van der Waals surface area contributed by atoms with Crippen molar-refractivity contribution in [3.05, 3.63) is 126 Å². The number of fused-ring (bicyclic) bond motifs is 3. The number of rotatable bonds is 4. The van der Waals surface area contributed by atoms with Crippen molar-refractivity contribution < 1.29 is 4.79 Å². The van der Waals surface area contributed by atoms with Crippen molar-refractivity contribution in [1.29, 1.82) is 0 Å². The van der Waals surface area contributed by atoms with E-state index in [9.17, 15) is 4.79 Å². The van der Waals surface area contributed by atoms with Crippen LogP contribution in [-0.4, -0.2) is 15.8 Å². The van der Waals surface area contributed by atoms with E-state index in [4.69, 9.17) is 5.10 Å². The van der Waals surface area contributed by atoms with Gasteiger partial charge < -0.3 is 5.32 Å². The Hall–Kier alpha value is -4.64. The van der Waals surface area contributed by atoms with Gasteiger partial charge in [-0.2, -0.15) is 5.10 Å². The molecule has 1 aromatic heterocycles. The molecule has 0 radical (unpaired) electrons. The number of benzene rings is 4. The van der Waals surface area contributed by atoms with Gasteiger partial charge in [-0.25, -0.2) is 9.48 Å². The van der Waals surface area contributed by atoms with Crippen LogP contribution < -0.4 is 10.6 Å². The van der Waals surface area contributed by atoms with Crippen LogP contribution in [0.1, 0.15) is 17.2 Å². The van der Waals surface area contributed by atoms with E-state index in [1.54, 1.807) is 4.68 Å². The van der Waals surface area contributed by atoms with Crippen molar-refractivity contribution in [2.75, 3.05) is 5.32 Å². The minimum absolute atomic E-state index is 0.214. The summed E-state index contributed by atoms with van der Waals surface area (Å²) in [7, 11) is 0. The Balaban J connectivity index is 1.33. The van der Waals surface area contributed by atoms with E-state index in [1.807, 2.05) is 91.0 Å². The van der Waals surface area contributed by atoms with Crippen LogP contribution in [0.3, 0.4) is 0 Å². The monoisotopic (exact) mass is 442 g/mol. The first-order valence-corrected chi connectivity index (χ1v) is 11.2. The summed E-state index contributed by atoms with van der Waals surface area (Å²) in [5, 5.41) is 11.0. The normalized spacial score (nSPS) is 12.1. The van der Waals surface area contributed by atoms with Gasteiger partial charge in [0.2, 0.25) is 0 Å². The molecule has 4 aromatic carbocycles. The van der Waals surface area contributed by atoms with Gasteiger partial charge in [0.05, 0.1) is 17.4 Å². The number of para-hydroxylation sites is 1. The zero-order valence-corrected chi connectivity index (χ0v) is 18.3. The van der Waals surface area contributed by atoms with Crippen molar-refractivity contribution >= 4 is 11.8 Å². The van der Waals surface area contributed by atoms with E-state index in [0.717, 1.165) is 39.2 Å². The largest absolute Gasteiger partial charge is 0.327 e. The molecule has 0 saturated heterocycles. The molecule has 1 heterocycles. The third-order valence-corrected chi connectivity index (χ3v) is 6.13. The van der Waals surface area contributed by atoms with Crippen LogP contribution in [-0.2, 0) is 0 Å². The van der Waals surface area contributed by atoms with Crippen molar-refractivity contribution in [1.82, 2.24) is 15.1 Å². The number of nitrogens with one attached hydrogen (secondary N) is 2. The molecule has 5 nitrogen and oxygen atoms in total. The summed E-state index contributed by atoms with van der Waals surface area (Å²) in [5.41, 5.74) is 7.15.